The standard InChI is InChI=1S/C41H82NO7P/c1-6-8-10-12-14-16-18-19-20-21-22-23-25-27-29-31-33-36-46-38-40(39-48-50(44,45)47-37-35-42(3,4)5)49-41(43)34-32-30-28-26-24-17-15-13-11-9-7-2/h20-21,40H,6-19,22-39H2,1-5H3/p+1/b21-20-. The van der Waals surface area contributed by atoms with Crippen molar-refractivity contribution in [1.29, 1.82) is 0 Å². The van der Waals surface area contributed by atoms with Gasteiger partial charge in [-0.2, -0.15) is 0 Å². The molecule has 298 valence electrons. The number of nitrogens with zero attached hydrogens (tertiary/aromatic N) is 1. The summed E-state index contributed by atoms with van der Waals surface area (Å²) in [6.07, 6.45) is 36.6. The summed E-state index contributed by atoms with van der Waals surface area (Å²) in [5.41, 5.74) is 0. The van der Waals surface area contributed by atoms with Gasteiger partial charge in [0.1, 0.15) is 19.3 Å². The summed E-state index contributed by atoms with van der Waals surface area (Å²) < 4.78 is 34.9. The number of esters is 1. The molecule has 0 aliphatic heterocycles. The lowest BCUT2D eigenvalue weighted by molar-refractivity contribution is -0.870. The summed E-state index contributed by atoms with van der Waals surface area (Å²) in [7, 11) is 1.67. The predicted octanol–water partition coefficient (Wildman–Crippen LogP) is 11.9. The van der Waals surface area contributed by atoms with E-state index < -0.39 is 13.9 Å². The third-order valence-electron chi connectivity index (χ3n) is 9.08. The van der Waals surface area contributed by atoms with Crippen LogP contribution in [0.4, 0.5) is 0 Å². The zero-order chi connectivity index (χ0) is 37.0. The van der Waals surface area contributed by atoms with Crippen molar-refractivity contribution in [2.75, 3.05) is 54.1 Å². The maximum absolute atomic E-state index is 12.6. The molecule has 0 aromatic heterocycles. The summed E-state index contributed by atoms with van der Waals surface area (Å²) in [4.78, 5) is 22.8. The van der Waals surface area contributed by atoms with Crippen LogP contribution in [0.2, 0.25) is 0 Å². The molecule has 0 fully saturated rings. The number of hydrogen-bond acceptors (Lipinski definition) is 6. The zero-order valence-corrected chi connectivity index (χ0v) is 34.5. The molecule has 0 aliphatic carbocycles. The third-order valence-corrected chi connectivity index (χ3v) is 10.1. The monoisotopic (exact) mass is 733 g/mol. The number of hydrogen-bond donors (Lipinski definition) is 1. The number of allylic oxidation sites excluding steroid dienone is 2. The van der Waals surface area contributed by atoms with E-state index in [1.807, 2.05) is 21.1 Å². The molecule has 0 aliphatic rings. The van der Waals surface area contributed by atoms with Gasteiger partial charge in [-0.05, 0) is 38.5 Å². The highest BCUT2D eigenvalue weighted by Crippen LogP contribution is 2.43. The first-order valence-corrected chi connectivity index (χ1v) is 22.4. The highest BCUT2D eigenvalue weighted by molar-refractivity contribution is 7.47. The number of phosphoric acid groups is 1. The SMILES string of the molecule is CCCCCCCCC/C=C\CCCCCCCCOCC(COP(=O)(O)OCC[N+](C)(C)C)OC(=O)CCCCCCCCCCCCC. The lowest BCUT2D eigenvalue weighted by Gasteiger charge is -2.24. The van der Waals surface area contributed by atoms with Gasteiger partial charge in [-0.25, -0.2) is 4.57 Å². The number of carbonyl (C=O) groups is 1. The first kappa shape index (κ1) is 49.2. The number of rotatable bonds is 39. The van der Waals surface area contributed by atoms with E-state index in [1.165, 1.54) is 135 Å². The number of likely N-dealkylation sites (N-methyl/N-ethyl adjacent to an activating group) is 1. The fourth-order valence-electron chi connectivity index (χ4n) is 5.78. The molecule has 0 saturated heterocycles. The van der Waals surface area contributed by atoms with Crippen LogP contribution in [0.5, 0.6) is 0 Å². The number of phosphoric ester groups is 1. The van der Waals surface area contributed by atoms with Crippen LogP contribution < -0.4 is 0 Å². The zero-order valence-electron chi connectivity index (χ0n) is 33.7. The molecular weight excluding hydrogens is 649 g/mol. The van der Waals surface area contributed by atoms with E-state index in [2.05, 4.69) is 26.0 Å². The van der Waals surface area contributed by atoms with Crippen molar-refractivity contribution >= 4 is 13.8 Å². The lowest BCUT2D eigenvalue weighted by atomic mass is 10.1. The van der Waals surface area contributed by atoms with Crippen LogP contribution in [-0.4, -0.2) is 75.6 Å². The van der Waals surface area contributed by atoms with Gasteiger partial charge in [0.25, 0.3) is 0 Å². The second kappa shape index (κ2) is 35.3. The molecule has 9 heteroatoms. The van der Waals surface area contributed by atoms with Crippen LogP contribution >= 0.6 is 7.82 Å². The van der Waals surface area contributed by atoms with E-state index >= 15 is 0 Å². The average molecular weight is 733 g/mol. The Morgan fingerprint density at radius 3 is 1.52 bits per heavy atom. The van der Waals surface area contributed by atoms with E-state index in [0.29, 0.717) is 24.1 Å². The van der Waals surface area contributed by atoms with E-state index in [9.17, 15) is 14.3 Å². The van der Waals surface area contributed by atoms with Crippen molar-refractivity contribution in [3.8, 4) is 0 Å². The molecule has 0 rings (SSSR count). The Bertz CT molecular complexity index is 817. The number of ether oxygens (including phenoxy) is 2. The van der Waals surface area contributed by atoms with Gasteiger partial charge >= 0.3 is 13.8 Å². The Hall–Kier alpha value is -0.760. The van der Waals surface area contributed by atoms with Crippen molar-refractivity contribution in [2.45, 2.75) is 193 Å². The van der Waals surface area contributed by atoms with E-state index in [1.54, 1.807) is 0 Å². The Labute approximate surface area is 310 Å². The molecule has 2 unspecified atom stereocenters. The van der Waals surface area contributed by atoms with Gasteiger partial charge in [0.15, 0.2) is 0 Å². The average Bonchev–Trinajstić information content (AvgIpc) is 3.06. The number of unbranched alkanes of at least 4 members (excludes halogenated alkanes) is 23. The highest BCUT2D eigenvalue weighted by atomic mass is 31.2. The second-order valence-corrected chi connectivity index (χ2v) is 16.8. The van der Waals surface area contributed by atoms with Crippen molar-refractivity contribution in [3.05, 3.63) is 12.2 Å². The quantitative estimate of drug-likeness (QED) is 0.0221. The summed E-state index contributed by atoms with van der Waals surface area (Å²) in [6.45, 7) is 5.62. The summed E-state index contributed by atoms with van der Waals surface area (Å²) in [5.74, 6) is -0.315. The van der Waals surface area contributed by atoms with Gasteiger partial charge in [0, 0.05) is 13.0 Å². The molecule has 0 spiro atoms. The minimum Gasteiger partial charge on any atom is -0.457 e. The fraction of sp³-hybridized carbons (Fsp3) is 0.927. The largest absolute Gasteiger partial charge is 0.472 e. The Morgan fingerprint density at radius 2 is 1.04 bits per heavy atom. The van der Waals surface area contributed by atoms with Crippen LogP contribution in [0.1, 0.15) is 187 Å². The Kier molecular flexibility index (Phi) is 34.7. The van der Waals surface area contributed by atoms with Crippen LogP contribution in [-0.2, 0) is 27.9 Å². The second-order valence-electron chi connectivity index (χ2n) is 15.4. The maximum atomic E-state index is 12.6. The molecule has 0 radical (unpaired) electrons. The van der Waals surface area contributed by atoms with Gasteiger partial charge in [-0.3, -0.25) is 13.8 Å². The van der Waals surface area contributed by atoms with Crippen LogP contribution in [0.15, 0.2) is 12.2 Å². The lowest BCUT2D eigenvalue weighted by Crippen LogP contribution is -2.37. The normalized spacial score (nSPS) is 14.0. The molecule has 0 amide bonds. The first-order chi connectivity index (χ1) is 24.1. The van der Waals surface area contributed by atoms with Crippen LogP contribution in [0, 0.1) is 0 Å². The topological polar surface area (TPSA) is 91.3 Å². The van der Waals surface area contributed by atoms with Gasteiger partial charge in [0.2, 0.25) is 0 Å². The molecule has 0 heterocycles. The minimum atomic E-state index is -4.26. The molecule has 8 nitrogen and oxygen atoms in total. The Balaban J connectivity index is 4.22. The van der Waals surface area contributed by atoms with Crippen molar-refractivity contribution in [2.24, 2.45) is 0 Å². The number of quaternary nitrogens is 1. The van der Waals surface area contributed by atoms with Gasteiger partial charge in [-0.15, -0.1) is 0 Å². The summed E-state index contributed by atoms with van der Waals surface area (Å²) in [6, 6.07) is 0. The van der Waals surface area contributed by atoms with Crippen molar-refractivity contribution in [3.63, 3.8) is 0 Å². The molecule has 0 saturated carbocycles. The van der Waals surface area contributed by atoms with E-state index in [0.717, 1.165) is 32.1 Å². The van der Waals surface area contributed by atoms with Gasteiger partial charge < -0.3 is 18.9 Å². The van der Waals surface area contributed by atoms with Crippen LogP contribution in [0.25, 0.3) is 0 Å². The minimum absolute atomic E-state index is 0.0904. The molecule has 0 aromatic carbocycles. The molecule has 0 bridgehead atoms. The van der Waals surface area contributed by atoms with Crippen LogP contribution in [0.3, 0.4) is 0 Å². The maximum Gasteiger partial charge on any atom is 0.472 e. The third kappa shape index (κ3) is 38.5. The first-order valence-electron chi connectivity index (χ1n) is 20.9. The molecule has 2 atom stereocenters. The highest BCUT2D eigenvalue weighted by Gasteiger charge is 2.26. The Morgan fingerprint density at radius 1 is 0.600 bits per heavy atom. The molecule has 1 N–H and O–H groups in total. The van der Waals surface area contributed by atoms with Crippen molar-refractivity contribution in [1.82, 2.24) is 0 Å². The van der Waals surface area contributed by atoms with Gasteiger partial charge in [-0.1, -0.05) is 154 Å². The fourth-order valence-corrected chi connectivity index (χ4v) is 6.52. The molecular formula is C41H83NO7P+. The predicted molar refractivity (Wildman–Crippen MR) is 210 cm³/mol. The number of carbonyl (C=O) groups excluding carboxylic acids is 1. The summed E-state index contributed by atoms with van der Waals surface area (Å²) >= 11 is 0. The van der Waals surface area contributed by atoms with E-state index in [4.69, 9.17) is 18.5 Å². The van der Waals surface area contributed by atoms with Crippen molar-refractivity contribution < 1.29 is 37.3 Å². The molecule has 0 aromatic rings. The summed E-state index contributed by atoms with van der Waals surface area (Å²) in [5, 5.41) is 0. The van der Waals surface area contributed by atoms with Gasteiger partial charge in [0.05, 0.1) is 34.4 Å². The smallest absolute Gasteiger partial charge is 0.457 e. The van der Waals surface area contributed by atoms with E-state index in [-0.39, 0.29) is 25.8 Å². The molecule has 50 heavy (non-hydrogen) atoms.